The van der Waals surface area contributed by atoms with Gasteiger partial charge in [-0.05, 0) is 55.7 Å². The van der Waals surface area contributed by atoms with Crippen LogP contribution in [0.3, 0.4) is 0 Å². The van der Waals surface area contributed by atoms with E-state index in [4.69, 9.17) is 18.9 Å². The Hall–Kier alpha value is -5.23. The minimum Gasteiger partial charge on any atom is -0.497 e. The number of nitrogens with one attached hydrogen (secondary N) is 1. The van der Waals surface area contributed by atoms with Crippen molar-refractivity contribution in [2.24, 2.45) is 0 Å². The molecule has 0 aromatic heterocycles. The van der Waals surface area contributed by atoms with Gasteiger partial charge in [0, 0.05) is 31.1 Å². The number of anilines is 1. The SMILES string of the molecule is CCC(C)NC(=O)C(Cc1ccccc1)N(Cc1cccc(C)c1)C(=O)CN(c1cc(OC)ccc1OC)S(=O)(=O)c1ccc(OC)c(OC)c1. The number of nitrogens with zero attached hydrogens (tertiary/aromatic N) is 2. The first kappa shape index (κ1) is 38.6. The van der Waals surface area contributed by atoms with E-state index in [1.54, 1.807) is 12.1 Å². The van der Waals surface area contributed by atoms with Crippen LogP contribution in [-0.2, 0) is 32.6 Å². The standard InChI is InChI=1S/C39H47N3O8S/c1-8-28(3)40-39(44)34(22-29-14-10-9-11-15-29)41(25-30-16-12-13-27(2)21-30)38(43)26-42(33-23-31(47-4)17-19-35(33)48-5)51(45,46)32-18-20-36(49-6)37(24-32)50-7/h9-21,23-24,28,34H,8,22,25-26H2,1-7H3,(H,40,44). The van der Waals surface area contributed by atoms with Crippen molar-refractivity contribution in [1.29, 1.82) is 0 Å². The van der Waals surface area contributed by atoms with Gasteiger partial charge in [0.25, 0.3) is 10.0 Å². The largest absolute Gasteiger partial charge is 0.497 e. The fraction of sp³-hybridized carbons (Fsp3) is 0.333. The first-order valence-electron chi connectivity index (χ1n) is 16.6. The van der Waals surface area contributed by atoms with Crippen molar-refractivity contribution in [2.75, 3.05) is 39.3 Å². The minimum atomic E-state index is -4.49. The van der Waals surface area contributed by atoms with E-state index in [0.29, 0.717) is 17.9 Å². The van der Waals surface area contributed by atoms with Crippen LogP contribution in [0.2, 0.25) is 0 Å². The molecule has 0 aliphatic rings. The molecular formula is C39H47N3O8S. The monoisotopic (exact) mass is 717 g/mol. The molecule has 0 aliphatic heterocycles. The summed E-state index contributed by atoms with van der Waals surface area (Å²) < 4.78 is 52.2. The molecule has 0 bridgehead atoms. The maximum Gasteiger partial charge on any atom is 0.265 e. The second-order valence-corrected chi connectivity index (χ2v) is 14.0. The fourth-order valence-corrected chi connectivity index (χ4v) is 7.04. The third kappa shape index (κ3) is 9.52. The Morgan fingerprint density at radius 3 is 2.06 bits per heavy atom. The molecule has 51 heavy (non-hydrogen) atoms. The predicted octanol–water partition coefficient (Wildman–Crippen LogP) is 5.78. The number of aryl methyl sites for hydroxylation is 1. The highest BCUT2D eigenvalue weighted by atomic mass is 32.2. The Morgan fingerprint density at radius 1 is 0.765 bits per heavy atom. The smallest absolute Gasteiger partial charge is 0.265 e. The van der Waals surface area contributed by atoms with Crippen molar-refractivity contribution >= 4 is 27.5 Å². The van der Waals surface area contributed by atoms with Gasteiger partial charge in [-0.3, -0.25) is 13.9 Å². The third-order valence-corrected chi connectivity index (χ3v) is 10.3. The van der Waals surface area contributed by atoms with Gasteiger partial charge in [0.2, 0.25) is 11.8 Å². The van der Waals surface area contributed by atoms with Crippen LogP contribution in [0.5, 0.6) is 23.0 Å². The lowest BCUT2D eigenvalue weighted by molar-refractivity contribution is -0.140. The molecule has 4 rings (SSSR count). The van der Waals surface area contributed by atoms with E-state index in [2.05, 4.69) is 5.32 Å². The number of carbonyl (C=O) groups excluding carboxylic acids is 2. The number of sulfonamides is 1. The summed E-state index contributed by atoms with van der Waals surface area (Å²) in [5.41, 5.74) is 2.67. The number of amides is 2. The molecule has 0 saturated carbocycles. The second kappa shape index (κ2) is 17.6. The predicted molar refractivity (Wildman–Crippen MR) is 197 cm³/mol. The average molecular weight is 718 g/mol. The summed E-state index contributed by atoms with van der Waals surface area (Å²) in [4.78, 5) is 30.3. The highest BCUT2D eigenvalue weighted by Gasteiger charge is 2.36. The summed E-state index contributed by atoms with van der Waals surface area (Å²) in [6, 6.07) is 24.8. The molecule has 272 valence electrons. The molecule has 0 spiro atoms. The van der Waals surface area contributed by atoms with Crippen molar-refractivity contribution in [3.8, 4) is 23.0 Å². The number of ether oxygens (including phenoxy) is 4. The zero-order valence-corrected chi connectivity index (χ0v) is 31.0. The van der Waals surface area contributed by atoms with Gasteiger partial charge in [0.15, 0.2) is 11.5 Å². The summed E-state index contributed by atoms with van der Waals surface area (Å²) >= 11 is 0. The third-order valence-electron chi connectivity index (χ3n) is 8.58. The average Bonchev–Trinajstić information content (AvgIpc) is 3.14. The zero-order valence-electron chi connectivity index (χ0n) is 30.2. The van der Waals surface area contributed by atoms with Crippen LogP contribution in [0.1, 0.15) is 37.0 Å². The fourth-order valence-electron chi connectivity index (χ4n) is 5.61. The molecule has 0 radical (unpaired) electrons. The van der Waals surface area contributed by atoms with Gasteiger partial charge in [-0.2, -0.15) is 0 Å². The number of hydrogen-bond donors (Lipinski definition) is 1. The second-order valence-electron chi connectivity index (χ2n) is 12.1. The minimum absolute atomic E-state index is 0.0471. The van der Waals surface area contributed by atoms with Gasteiger partial charge < -0.3 is 29.2 Å². The van der Waals surface area contributed by atoms with E-state index in [0.717, 1.165) is 21.0 Å². The van der Waals surface area contributed by atoms with Crippen LogP contribution >= 0.6 is 0 Å². The van der Waals surface area contributed by atoms with Gasteiger partial charge in [-0.15, -0.1) is 0 Å². The zero-order chi connectivity index (χ0) is 37.1. The first-order valence-corrected chi connectivity index (χ1v) is 18.1. The number of benzene rings is 4. The Balaban J connectivity index is 1.90. The molecule has 0 fully saturated rings. The van der Waals surface area contributed by atoms with E-state index in [1.165, 1.54) is 57.6 Å². The van der Waals surface area contributed by atoms with Crippen LogP contribution in [0.15, 0.2) is 95.9 Å². The number of methoxy groups -OCH3 is 4. The van der Waals surface area contributed by atoms with Crippen LogP contribution in [0.4, 0.5) is 5.69 Å². The van der Waals surface area contributed by atoms with Crippen molar-refractivity contribution in [2.45, 2.75) is 57.1 Å². The number of rotatable bonds is 17. The van der Waals surface area contributed by atoms with Gasteiger partial charge >= 0.3 is 0 Å². The molecule has 2 atom stereocenters. The van der Waals surface area contributed by atoms with E-state index in [9.17, 15) is 18.0 Å². The molecule has 2 unspecified atom stereocenters. The maximum atomic E-state index is 14.9. The lowest BCUT2D eigenvalue weighted by Crippen LogP contribution is -2.54. The molecule has 0 saturated heterocycles. The van der Waals surface area contributed by atoms with Crippen molar-refractivity contribution in [1.82, 2.24) is 10.2 Å². The Bertz CT molecular complexity index is 1900. The first-order chi connectivity index (χ1) is 24.4. The molecule has 0 heterocycles. The van der Waals surface area contributed by atoms with E-state index in [-0.39, 0.29) is 47.0 Å². The molecule has 11 nitrogen and oxygen atoms in total. The highest BCUT2D eigenvalue weighted by Crippen LogP contribution is 2.38. The van der Waals surface area contributed by atoms with Crippen molar-refractivity contribution < 1.29 is 37.0 Å². The van der Waals surface area contributed by atoms with Crippen LogP contribution < -0.4 is 28.6 Å². The Kier molecular flexibility index (Phi) is 13.3. The lowest BCUT2D eigenvalue weighted by Gasteiger charge is -2.34. The summed E-state index contributed by atoms with van der Waals surface area (Å²) in [7, 11) is 1.23. The maximum absolute atomic E-state index is 14.9. The van der Waals surface area contributed by atoms with Gasteiger partial charge in [-0.1, -0.05) is 67.1 Å². The molecule has 0 aliphatic carbocycles. The quantitative estimate of drug-likeness (QED) is 0.146. The van der Waals surface area contributed by atoms with Crippen molar-refractivity contribution in [3.05, 3.63) is 108 Å². The van der Waals surface area contributed by atoms with Gasteiger partial charge in [0.1, 0.15) is 24.1 Å². The summed E-state index contributed by atoms with van der Waals surface area (Å²) in [5.74, 6) is 0.102. The van der Waals surface area contributed by atoms with Crippen LogP contribution in [0, 0.1) is 6.92 Å². The Labute approximate surface area is 301 Å². The molecule has 1 N–H and O–H groups in total. The van der Waals surface area contributed by atoms with Gasteiger partial charge in [0.05, 0.1) is 39.0 Å². The molecule has 12 heteroatoms. The van der Waals surface area contributed by atoms with E-state index >= 15 is 0 Å². The molecular weight excluding hydrogens is 671 g/mol. The molecule has 4 aromatic carbocycles. The Morgan fingerprint density at radius 2 is 1.43 bits per heavy atom. The summed E-state index contributed by atoms with van der Waals surface area (Å²) in [5, 5.41) is 3.05. The van der Waals surface area contributed by atoms with E-state index < -0.39 is 28.5 Å². The van der Waals surface area contributed by atoms with Crippen LogP contribution in [0.25, 0.3) is 0 Å². The number of carbonyl (C=O) groups is 2. The molecule has 4 aromatic rings. The van der Waals surface area contributed by atoms with Crippen molar-refractivity contribution in [3.63, 3.8) is 0 Å². The number of hydrogen-bond acceptors (Lipinski definition) is 8. The summed E-state index contributed by atoms with van der Waals surface area (Å²) in [6.07, 6.45) is 0.883. The lowest BCUT2D eigenvalue weighted by atomic mass is 10.0. The van der Waals surface area contributed by atoms with Crippen LogP contribution in [-0.4, -0.2) is 72.2 Å². The molecule has 2 amide bonds. The van der Waals surface area contributed by atoms with E-state index in [1.807, 2.05) is 75.4 Å². The summed E-state index contributed by atoms with van der Waals surface area (Å²) in [6.45, 7) is 5.18. The topological polar surface area (TPSA) is 124 Å². The highest BCUT2D eigenvalue weighted by molar-refractivity contribution is 7.92. The normalized spacial score (nSPS) is 12.3. The van der Waals surface area contributed by atoms with Gasteiger partial charge in [-0.25, -0.2) is 8.42 Å².